The van der Waals surface area contributed by atoms with Crippen molar-refractivity contribution in [1.29, 1.82) is 0 Å². The van der Waals surface area contributed by atoms with E-state index < -0.39 is 0 Å². The molecule has 27 heavy (non-hydrogen) atoms. The molecule has 1 amide bonds. The van der Waals surface area contributed by atoms with Gasteiger partial charge < -0.3 is 4.90 Å². The van der Waals surface area contributed by atoms with Crippen molar-refractivity contribution in [2.45, 2.75) is 27.7 Å². The van der Waals surface area contributed by atoms with Gasteiger partial charge in [-0.15, -0.1) is 0 Å². The van der Waals surface area contributed by atoms with E-state index in [1.54, 1.807) is 11.3 Å². The van der Waals surface area contributed by atoms with E-state index in [4.69, 9.17) is 4.98 Å². The van der Waals surface area contributed by atoms with E-state index in [1.165, 1.54) is 10.5 Å². The summed E-state index contributed by atoms with van der Waals surface area (Å²) in [5.41, 5.74) is 3.92. The molecule has 0 atom stereocenters. The Bertz CT molecular complexity index is 930. The Balaban J connectivity index is 1.97. The number of carbonyl (C=O) groups excluding carboxylic acids is 1. The minimum atomic E-state index is 0.0374. The molecule has 0 aliphatic rings. The zero-order chi connectivity index (χ0) is 19.4. The third-order valence-electron chi connectivity index (χ3n) is 5.07. The van der Waals surface area contributed by atoms with Crippen LogP contribution in [0.4, 0.5) is 5.13 Å². The highest BCUT2D eigenvalue weighted by Gasteiger charge is 2.23. The first-order chi connectivity index (χ1) is 13.0. The van der Waals surface area contributed by atoms with Gasteiger partial charge in [-0.2, -0.15) is 0 Å². The Labute approximate surface area is 165 Å². The highest BCUT2D eigenvalue weighted by molar-refractivity contribution is 7.22. The number of nitrogens with one attached hydrogen (secondary N) is 1. The highest BCUT2D eigenvalue weighted by Crippen LogP contribution is 2.30. The molecule has 1 aromatic heterocycles. The number of rotatable bonds is 7. The molecule has 0 fully saturated rings. The van der Waals surface area contributed by atoms with Gasteiger partial charge in [0.2, 0.25) is 0 Å². The molecule has 0 unspecified atom stereocenters. The molecule has 1 heterocycles. The summed E-state index contributed by atoms with van der Waals surface area (Å²) in [6, 6.07) is 14.0. The normalized spacial score (nSPS) is 11.3. The maximum absolute atomic E-state index is 13.4. The van der Waals surface area contributed by atoms with Gasteiger partial charge >= 0.3 is 0 Å². The van der Waals surface area contributed by atoms with E-state index >= 15 is 0 Å². The largest absolute Gasteiger partial charge is 0.334 e. The van der Waals surface area contributed by atoms with Crippen molar-refractivity contribution in [2.75, 3.05) is 31.1 Å². The second kappa shape index (κ2) is 8.63. The molecule has 0 saturated carbocycles. The Morgan fingerprint density at radius 3 is 2.56 bits per heavy atom. The van der Waals surface area contributed by atoms with Crippen LogP contribution in [0.5, 0.6) is 0 Å². The Morgan fingerprint density at radius 2 is 1.85 bits per heavy atom. The van der Waals surface area contributed by atoms with E-state index in [-0.39, 0.29) is 5.91 Å². The number of aryl methyl sites for hydroxylation is 2. The smallest absolute Gasteiger partial charge is 0.260 e. The fourth-order valence-electron chi connectivity index (χ4n) is 3.25. The van der Waals surface area contributed by atoms with E-state index in [0.717, 1.165) is 46.1 Å². The average molecular weight is 383 g/mol. The third-order valence-corrected chi connectivity index (χ3v) is 6.11. The van der Waals surface area contributed by atoms with Gasteiger partial charge in [-0.05, 0) is 57.0 Å². The number of anilines is 1. The molecule has 0 spiro atoms. The van der Waals surface area contributed by atoms with Gasteiger partial charge in [-0.1, -0.05) is 35.6 Å². The van der Waals surface area contributed by atoms with E-state index in [9.17, 15) is 4.79 Å². The number of nitrogens with zero attached hydrogens (tertiary/aromatic N) is 2. The number of carbonyl (C=O) groups is 1. The Kier molecular flexibility index (Phi) is 6.24. The zero-order valence-corrected chi connectivity index (χ0v) is 17.4. The molecule has 1 N–H and O–H groups in total. The third kappa shape index (κ3) is 4.37. The number of benzene rings is 2. The first-order valence-corrected chi connectivity index (χ1v) is 10.4. The van der Waals surface area contributed by atoms with Gasteiger partial charge in [-0.3, -0.25) is 9.69 Å². The summed E-state index contributed by atoms with van der Waals surface area (Å²) in [6.07, 6.45) is 0. The molecule has 0 radical (unpaired) electrons. The van der Waals surface area contributed by atoms with Crippen LogP contribution in [0, 0.1) is 13.8 Å². The molecule has 4 nitrogen and oxygen atoms in total. The zero-order valence-electron chi connectivity index (χ0n) is 16.6. The topological polar surface area (TPSA) is 37.6 Å². The molecular weight excluding hydrogens is 354 g/mol. The van der Waals surface area contributed by atoms with Crippen molar-refractivity contribution in [3.8, 4) is 0 Å². The van der Waals surface area contributed by atoms with Crippen LogP contribution in [0.15, 0.2) is 42.5 Å². The highest BCUT2D eigenvalue weighted by atomic mass is 32.1. The lowest BCUT2D eigenvalue weighted by atomic mass is 10.1. The van der Waals surface area contributed by atoms with Crippen molar-refractivity contribution >= 4 is 32.6 Å². The van der Waals surface area contributed by atoms with Crippen LogP contribution in [0.2, 0.25) is 0 Å². The van der Waals surface area contributed by atoms with Gasteiger partial charge in [-0.25, -0.2) is 4.98 Å². The van der Waals surface area contributed by atoms with Crippen LogP contribution in [-0.4, -0.2) is 37.1 Å². The second-order valence-corrected chi connectivity index (χ2v) is 7.96. The SMILES string of the molecule is CC[NH+](CC)CCN(C(=O)c1ccccc1C)c1nc2ccc(C)cc2s1. The first-order valence-electron chi connectivity index (χ1n) is 9.61. The molecule has 3 rings (SSSR count). The maximum Gasteiger partial charge on any atom is 0.260 e. The Hall–Kier alpha value is -2.24. The lowest BCUT2D eigenvalue weighted by Crippen LogP contribution is -3.12. The number of quaternary nitrogens is 1. The van der Waals surface area contributed by atoms with Crippen LogP contribution < -0.4 is 9.80 Å². The fourth-order valence-corrected chi connectivity index (χ4v) is 4.34. The number of hydrogen-bond acceptors (Lipinski definition) is 3. The van der Waals surface area contributed by atoms with Gasteiger partial charge in [0, 0.05) is 5.56 Å². The van der Waals surface area contributed by atoms with Crippen LogP contribution in [0.25, 0.3) is 10.2 Å². The quantitative estimate of drug-likeness (QED) is 0.679. The molecule has 142 valence electrons. The number of thiazole rings is 1. The molecule has 0 saturated heterocycles. The van der Waals surface area contributed by atoms with E-state index in [0.29, 0.717) is 6.54 Å². The van der Waals surface area contributed by atoms with Crippen molar-refractivity contribution < 1.29 is 9.69 Å². The molecule has 0 aliphatic carbocycles. The average Bonchev–Trinajstić information content (AvgIpc) is 3.08. The Morgan fingerprint density at radius 1 is 1.11 bits per heavy atom. The predicted molar refractivity (Wildman–Crippen MR) is 114 cm³/mol. The summed E-state index contributed by atoms with van der Waals surface area (Å²) >= 11 is 1.60. The van der Waals surface area contributed by atoms with Crippen LogP contribution in [0.3, 0.4) is 0 Å². The minimum Gasteiger partial charge on any atom is -0.334 e. The van der Waals surface area contributed by atoms with Crippen LogP contribution in [0.1, 0.15) is 35.3 Å². The molecule has 5 heteroatoms. The lowest BCUT2D eigenvalue weighted by Gasteiger charge is -2.23. The maximum atomic E-state index is 13.4. The monoisotopic (exact) mass is 382 g/mol. The summed E-state index contributed by atoms with van der Waals surface area (Å²) < 4.78 is 1.13. The molecule has 3 aromatic rings. The van der Waals surface area contributed by atoms with Crippen molar-refractivity contribution in [2.24, 2.45) is 0 Å². The fraction of sp³-hybridized carbons (Fsp3) is 0.364. The summed E-state index contributed by atoms with van der Waals surface area (Å²) in [5.74, 6) is 0.0374. The van der Waals surface area contributed by atoms with Crippen LogP contribution >= 0.6 is 11.3 Å². The van der Waals surface area contributed by atoms with Crippen molar-refractivity contribution in [3.05, 3.63) is 59.2 Å². The summed E-state index contributed by atoms with van der Waals surface area (Å²) in [7, 11) is 0. The summed E-state index contributed by atoms with van der Waals surface area (Å²) in [6.45, 7) is 12.1. The molecule has 2 aromatic carbocycles. The van der Waals surface area contributed by atoms with Gasteiger partial charge in [0.05, 0.1) is 36.4 Å². The molecule has 0 bridgehead atoms. The second-order valence-electron chi connectivity index (χ2n) is 6.95. The lowest BCUT2D eigenvalue weighted by molar-refractivity contribution is -0.894. The number of hydrogen-bond donors (Lipinski definition) is 1. The van der Waals surface area contributed by atoms with Gasteiger partial charge in [0.25, 0.3) is 5.91 Å². The van der Waals surface area contributed by atoms with Gasteiger partial charge in [0.15, 0.2) is 5.13 Å². The number of likely N-dealkylation sites (N-methyl/N-ethyl adjacent to an activating group) is 1. The van der Waals surface area contributed by atoms with Crippen molar-refractivity contribution in [3.63, 3.8) is 0 Å². The first kappa shape index (κ1) is 19.5. The summed E-state index contributed by atoms with van der Waals surface area (Å²) in [5, 5.41) is 0.787. The van der Waals surface area contributed by atoms with Gasteiger partial charge in [0.1, 0.15) is 0 Å². The van der Waals surface area contributed by atoms with Crippen molar-refractivity contribution in [1.82, 2.24) is 4.98 Å². The standard InChI is InChI=1S/C22H27N3OS/c1-5-24(6-2)13-14-25(21(26)18-10-8-7-9-17(18)4)22-23-19-12-11-16(3)15-20(19)27-22/h7-12,15H,5-6,13-14H2,1-4H3/p+1. The number of fused-ring (bicyclic) bond motifs is 1. The summed E-state index contributed by atoms with van der Waals surface area (Å²) in [4.78, 5) is 21.5. The number of aromatic nitrogens is 1. The number of amides is 1. The van der Waals surface area contributed by atoms with E-state index in [1.807, 2.05) is 42.2 Å². The van der Waals surface area contributed by atoms with E-state index in [2.05, 4.69) is 32.9 Å². The molecular formula is C22H28N3OS+. The molecule has 0 aliphatic heterocycles. The predicted octanol–water partition coefficient (Wildman–Crippen LogP) is 3.48. The minimum absolute atomic E-state index is 0.0374. The van der Waals surface area contributed by atoms with Crippen LogP contribution in [-0.2, 0) is 0 Å².